The smallest absolute Gasteiger partial charge is 0.375 e. The minimum absolute atomic E-state index is 0.347. The van der Waals surface area contributed by atoms with Gasteiger partial charge in [0, 0.05) is 13.2 Å². The Balaban J connectivity index is 2.17. The van der Waals surface area contributed by atoms with Gasteiger partial charge in [-0.15, -0.1) is 4.98 Å². The predicted octanol–water partition coefficient (Wildman–Crippen LogP) is -0.512. The second-order valence-corrected chi connectivity index (χ2v) is 3.42. The van der Waals surface area contributed by atoms with E-state index in [9.17, 15) is 14.4 Å². The van der Waals surface area contributed by atoms with Crippen LogP contribution in [0.4, 0.5) is 10.6 Å². The van der Waals surface area contributed by atoms with Crippen LogP contribution < -0.4 is 21.0 Å². The van der Waals surface area contributed by atoms with E-state index in [0.717, 1.165) is 4.90 Å². The van der Waals surface area contributed by atoms with Crippen LogP contribution in [0.25, 0.3) is 0 Å². The van der Waals surface area contributed by atoms with E-state index in [1.54, 1.807) is 18.2 Å². The molecule has 0 radical (unpaired) electrons. The van der Waals surface area contributed by atoms with E-state index in [0.29, 0.717) is 5.82 Å². The Kier molecular flexibility index (Phi) is 3.37. The molecule has 0 bridgehead atoms. The molecule has 9 heteroatoms. The summed E-state index contributed by atoms with van der Waals surface area (Å²) in [6.45, 7) is 0. The van der Waals surface area contributed by atoms with Crippen molar-refractivity contribution in [3.05, 3.63) is 45.4 Å². The first-order chi connectivity index (χ1) is 9.06. The first kappa shape index (κ1) is 12.5. The SMILES string of the molecule is CN(C(=O)Oc1nc(=O)[nH]c(=O)[nH]1)c1ccccn1. The Bertz CT molecular complexity index is 665. The lowest BCUT2D eigenvalue weighted by Crippen LogP contribution is -2.33. The van der Waals surface area contributed by atoms with Gasteiger partial charge in [0.15, 0.2) is 0 Å². The Morgan fingerprint density at radius 2 is 2.11 bits per heavy atom. The van der Waals surface area contributed by atoms with Gasteiger partial charge in [-0.3, -0.25) is 14.9 Å². The van der Waals surface area contributed by atoms with E-state index in [4.69, 9.17) is 4.74 Å². The van der Waals surface area contributed by atoms with Gasteiger partial charge in [-0.25, -0.2) is 19.4 Å². The minimum Gasteiger partial charge on any atom is -0.375 e. The van der Waals surface area contributed by atoms with Crippen molar-refractivity contribution in [1.29, 1.82) is 0 Å². The molecule has 0 aliphatic carbocycles. The molecule has 0 atom stereocenters. The second kappa shape index (κ2) is 5.12. The maximum atomic E-state index is 11.7. The average molecular weight is 263 g/mol. The number of hydrogen-bond donors (Lipinski definition) is 2. The number of carbonyl (C=O) groups excluding carboxylic acids is 1. The highest BCUT2D eigenvalue weighted by molar-refractivity contribution is 5.86. The van der Waals surface area contributed by atoms with Gasteiger partial charge in [0.25, 0.3) is 0 Å². The molecule has 0 unspecified atom stereocenters. The lowest BCUT2D eigenvalue weighted by molar-refractivity contribution is 0.204. The number of H-pyrrole nitrogens is 2. The van der Waals surface area contributed by atoms with Gasteiger partial charge in [0.2, 0.25) is 0 Å². The molecule has 98 valence electrons. The lowest BCUT2D eigenvalue weighted by atomic mass is 10.4. The van der Waals surface area contributed by atoms with Crippen molar-refractivity contribution in [2.24, 2.45) is 0 Å². The fourth-order valence-corrected chi connectivity index (χ4v) is 1.22. The molecule has 0 saturated carbocycles. The number of pyridine rings is 1. The standard InChI is InChI=1S/C10H9N5O4/c1-15(6-4-2-3-5-11-6)10(18)19-9-13-7(16)12-8(17)14-9/h2-5H,1H3,(H2,12,13,14,16,17). The van der Waals surface area contributed by atoms with Crippen LogP contribution >= 0.6 is 0 Å². The van der Waals surface area contributed by atoms with Crippen LogP contribution in [0.1, 0.15) is 0 Å². The summed E-state index contributed by atoms with van der Waals surface area (Å²) >= 11 is 0. The number of carbonyl (C=O) groups is 1. The summed E-state index contributed by atoms with van der Waals surface area (Å²) in [6, 6.07) is 4.49. The van der Waals surface area contributed by atoms with E-state index in [2.05, 4.69) is 15.0 Å². The van der Waals surface area contributed by atoms with Gasteiger partial charge in [0.1, 0.15) is 5.82 Å². The lowest BCUT2D eigenvalue weighted by Gasteiger charge is -2.14. The monoisotopic (exact) mass is 263 g/mol. The zero-order valence-corrected chi connectivity index (χ0v) is 9.78. The van der Waals surface area contributed by atoms with Crippen LogP contribution in [0.15, 0.2) is 34.0 Å². The fourth-order valence-electron chi connectivity index (χ4n) is 1.22. The second-order valence-electron chi connectivity index (χ2n) is 3.42. The molecule has 2 heterocycles. The summed E-state index contributed by atoms with van der Waals surface area (Å²) < 4.78 is 4.75. The molecule has 1 amide bonds. The first-order valence-corrected chi connectivity index (χ1v) is 5.13. The molecule has 0 fully saturated rings. The fraction of sp³-hybridized carbons (Fsp3) is 0.100. The number of ether oxygens (including phenoxy) is 1. The summed E-state index contributed by atoms with van der Waals surface area (Å²) in [5, 5.41) is 0. The molecule has 0 aromatic carbocycles. The summed E-state index contributed by atoms with van der Waals surface area (Å²) in [5.41, 5.74) is -1.73. The summed E-state index contributed by atoms with van der Waals surface area (Å²) in [5.74, 6) is 0.347. The maximum Gasteiger partial charge on any atom is 0.423 e. The van der Waals surface area contributed by atoms with Crippen LogP contribution in [0.3, 0.4) is 0 Å². The Labute approximate surface area is 105 Å². The van der Waals surface area contributed by atoms with Crippen LogP contribution in [0.2, 0.25) is 0 Å². The predicted molar refractivity (Wildman–Crippen MR) is 64.1 cm³/mol. The van der Waals surface area contributed by atoms with Gasteiger partial charge >= 0.3 is 23.5 Å². The highest BCUT2D eigenvalue weighted by Crippen LogP contribution is 2.08. The zero-order valence-electron chi connectivity index (χ0n) is 9.78. The van der Waals surface area contributed by atoms with Gasteiger partial charge in [0.05, 0.1) is 0 Å². The Morgan fingerprint density at radius 3 is 2.74 bits per heavy atom. The maximum absolute atomic E-state index is 11.7. The first-order valence-electron chi connectivity index (χ1n) is 5.13. The molecule has 2 aromatic heterocycles. The number of hydrogen-bond acceptors (Lipinski definition) is 6. The highest BCUT2D eigenvalue weighted by Gasteiger charge is 2.15. The van der Waals surface area contributed by atoms with E-state index in [-0.39, 0.29) is 0 Å². The molecule has 2 rings (SSSR count). The Morgan fingerprint density at radius 1 is 1.32 bits per heavy atom. The van der Waals surface area contributed by atoms with Crippen molar-refractivity contribution < 1.29 is 9.53 Å². The van der Waals surface area contributed by atoms with Crippen molar-refractivity contribution >= 4 is 11.9 Å². The molecule has 0 aliphatic heterocycles. The van der Waals surface area contributed by atoms with Crippen LogP contribution in [-0.2, 0) is 0 Å². The molecule has 2 N–H and O–H groups in total. The number of nitrogens with zero attached hydrogens (tertiary/aromatic N) is 3. The van der Waals surface area contributed by atoms with Crippen LogP contribution in [0.5, 0.6) is 6.01 Å². The molecule has 0 spiro atoms. The number of rotatable bonds is 2. The Hall–Kier alpha value is -2.97. The number of nitrogens with one attached hydrogen (secondary N) is 2. The third kappa shape index (κ3) is 3.03. The van der Waals surface area contributed by atoms with Gasteiger partial charge < -0.3 is 4.74 Å². The van der Waals surface area contributed by atoms with Gasteiger partial charge in [-0.05, 0) is 12.1 Å². The molecule has 2 aromatic rings. The average Bonchev–Trinajstić information content (AvgIpc) is 2.37. The van der Waals surface area contributed by atoms with Crippen LogP contribution in [-0.4, -0.2) is 33.1 Å². The highest BCUT2D eigenvalue weighted by atomic mass is 16.6. The molecular formula is C10H9N5O4. The third-order valence-electron chi connectivity index (χ3n) is 2.09. The molecular weight excluding hydrogens is 254 g/mol. The van der Waals surface area contributed by atoms with Crippen molar-refractivity contribution in [1.82, 2.24) is 19.9 Å². The normalized spacial score (nSPS) is 9.95. The van der Waals surface area contributed by atoms with Crippen molar-refractivity contribution in [3.8, 4) is 6.01 Å². The van der Waals surface area contributed by atoms with Crippen LogP contribution in [0, 0.1) is 0 Å². The number of anilines is 1. The topological polar surface area (TPSA) is 121 Å². The molecule has 9 nitrogen and oxygen atoms in total. The van der Waals surface area contributed by atoms with E-state index >= 15 is 0 Å². The number of aromatic amines is 2. The van der Waals surface area contributed by atoms with E-state index in [1.807, 2.05) is 4.98 Å². The van der Waals surface area contributed by atoms with Crippen molar-refractivity contribution in [3.63, 3.8) is 0 Å². The molecule has 0 saturated heterocycles. The summed E-state index contributed by atoms with van der Waals surface area (Å²) in [7, 11) is 1.43. The third-order valence-corrected chi connectivity index (χ3v) is 2.09. The summed E-state index contributed by atoms with van der Waals surface area (Å²) in [6.07, 6.45) is 0.666. The zero-order chi connectivity index (χ0) is 13.8. The van der Waals surface area contributed by atoms with E-state index in [1.165, 1.54) is 13.2 Å². The van der Waals surface area contributed by atoms with E-state index < -0.39 is 23.5 Å². The minimum atomic E-state index is -0.910. The van der Waals surface area contributed by atoms with Gasteiger partial charge in [-0.1, -0.05) is 6.07 Å². The largest absolute Gasteiger partial charge is 0.423 e. The van der Waals surface area contributed by atoms with Gasteiger partial charge in [-0.2, -0.15) is 0 Å². The van der Waals surface area contributed by atoms with Crippen molar-refractivity contribution in [2.45, 2.75) is 0 Å². The summed E-state index contributed by atoms with van der Waals surface area (Å²) in [4.78, 5) is 45.9. The number of aromatic nitrogens is 4. The quantitative estimate of drug-likeness (QED) is 0.752. The number of amides is 1. The van der Waals surface area contributed by atoms with Crippen molar-refractivity contribution in [2.75, 3.05) is 11.9 Å². The molecule has 19 heavy (non-hydrogen) atoms. The molecule has 0 aliphatic rings.